The van der Waals surface area contributed by atoms with Crippen LogP contribution in [0, 0.1) is 16.0 Å². The molecule has 0 amide bonds. The second-order valence-electron chi connectivity index (χ2n) is 5.69. The summed E-state index contributed by atoms with van der Waals surface area (Å²) in [5, 5.41) is 14.0. The predicted molar refractivity (Wildman–Crippen MR) is 81.5 cm³/mol. The topological polar surface area (TPSA) is 84.4 Å². The van der Waals surface area contributed by atoms with E-state index >= 15 is 0 Å². The van der Waals surface area contributed by atoms with E-state index in [0.29, 0.717) is 23.0 Å². The van der Waals surface area contributed by atoms with E-state index in [1.54, 1.807) is 6.07 Å². The minimum Gasteiger partial charge on any atom is -0.424 e. The van der Waals surface area contributed by atoms with Crippen molar-refractivity contribution in [3.05, 3.63) is 28.3 Å². The minimum atomic E-state index is -0.440. The van der Waals surface area contributed by atoms with Gasteiger partial charge in [0.1, 0.15) is 5.52 Å². The zero-order valence-electron chi connectivity index (χ0n) is 12.7. The van der Waals surface area contributed by atoms with Crippen molar-refractivity contribution in [2.24, 2.45) is 5.92 Å². The van der Waals surface area contributed by atoms with Gasteiger partial charge in [0.2, 0.25) is 0 Å². The number of anilines is 1. The molecule has 1 aromatic carbocycles. The van der Waals surface area contributed by atoms with Crippen LogP contribution < -0.4 is 5.32 Å². The molecular formula is C14H20N4O3. The lowest BCUT2D eigenvalue weighted by Gasteiger charge is -2.24. The van der Waals surface area contributed by atoms with Crippen molar-refractivity contribution in [2.45, 2.75) is 19.9 Å². The van der Waals surface area contributed by atoms with Gasteiger partial charge in [0.25, 0.3) is 11.7 Å². The number of nitro benzene ring substituents is 1. The summed E-state index contributed by atoms with van der Waals surface area (Å²) in [6.45, 7) is 5.08. The summed E-state index contributed by atoms with van der Waals surface area (Å²) < 4.78 is 5.60. The zero-order valence-corrected chi connectivity index (χ0v) is 12.7. The van der Waals surface area contributed by atoms with Crippen molar-refractivity contribution >= 4 is 22.8 Å². The second-order valence-corrected chi connectivity index (χ2v) is 5.69. The first-order valence-electron chi connectivity index (χ1n) is 6.83. The predicted octanol–water partition coefficient (Wildman–Crippen LogP) is 2.73. The molecule has 7 heteroatoms. The van der Waals surface area contributed by atoms with E-state index in [2.05, 4.69) is 29.0 Å². The highest BCUT2D eigenvalue weighted by atomic mass is 16.6. The lowest BCUT2D eigenvalue weighted by atomic mass is 10.0. The molecule has 1 unspecified atom stereocenters. The molecule has 0 aliphatic rings. The van der Waals surface area contributed by atoms with Gasteiger partial charge < -0.3 is 14.6 Å². The van der Waals surface area contributed by atoms with Crippen molar-refractivity contribution in [2.75, 3.05) is 26.0 Å². The Morgan fingerprint density at radius 2 is 2.14 bits per heavy atom. The summed E-state index contributed by atoms with van der Waals surface area (Å²) in [4.78, 5) is 16.7. The maximum atomic E-state index is 10.8. The molecule has 0 radical (unpaired) electrons. The molecule has 2 aromatic rings. The molecule has 7 nitrogen and oxygen atoms in total. The highest BCUT2D eigenvalue weighted by Crippen LogP contribution is 2.24. The quantitative estimate of drug-likeness (QED) is 0.651. The number of hydrogen-bond donors (Lipinski definition) is 1. The highest BCUT2D eigenvalue weighted by Gasteiger charge is 2.18. The Hall–Kier alpha value is -2.15. The fourth-order valence-corrected chi connectivity index (χ4v) is 2.07. The SMILES string of the molecule is CC(C)C(CN(C)C)Nc1nc2cc([N+](=O)[O-])ccc2o1. The summed E-state index contributed by atoms with van der Waals surface area (Å²) in [6.07, 6.45) is 0. The number of aromatic nitrogens is 1. The Morgan fingerprint density at radius 3 is 2.71 bits per heavy atom. The number of oxazole rings is 1. The van der Waals surface area contributed by atoms with Crippen LogP contribution in [-0.4, -0.2) is 41.5 Å². The fraction of sp³-hybridized carbons (Fsp3) is 0.500. The lowest BCUT2D eigenvalue weighted by Crippen LogP contribution is -2.36. The average molecular weight is 292 g/mol. The Labute approximate surface area is 123 Å². The number of nitrogens with one attached hydrogen (secondary N) is 1. The number of fused-ring (bicyclic) bond motifs is 1. The largest absolute Gasteiger partial charge is 0.424 e. The Kier molecular flexibility index (Phi) is 4.42. The van der Waals surface area contributed by atoms with E-state index in [0.717, 1.165) is 6.54 Å². The van der Waals surface area contributed by atoms with Gasteiger partial charge in [0.05, 0.1) is 4.92 Å². The number of non-ortho nitro benzene ring substituents is 1. The first kappa shape index (κ1) is 15.2. The van der Waals surface area contributed by atoms with Crippen molar-refractivity contribution in [1.29, 1.82) is 0 Å². The van der Waals surface area contributed by atoms with Gasteiger partial charge in [0.15, 0.2) is 5.58 Å². The molecule has 0 saturated carbocycles. The van der Waals surface area contributed by atoms with E-state index < -0.39 is 4.92 Å². The number of benzene rings is 1. The molecular weight excluding hydrogens is 272 g/mol. The normalized spacial score (nSPS) is 13.0. The van der Waals surface area contributed by atoms with Gasteiger partial charge in [-0.15, -0.1) is 0 Å². The third kappa shape index (κ3) is 3.69. The molecule has 114 valence electrons. The zero-order chi connectivity index (χ0) is 15.6. The number of likely N-dealkylation sites (N-methyl/N-ethyl adjacent to an activating group) is 1. The number of hydrogen-bond acceptors (Lipinski definition) is 6. The van der Waals surface area contributed by atoms with Crippen LogP contribution in [0.3, 0.4) is 0 Å². The van der Waals surface area contributed by atoms with E-state index in [-0.39, 0.29) is 11.7 Å². The monoisotopic (exact) mass is 292 g/mol. The first-order chi connectivity index (χ1) is 9.86. The maximum absolute atomic E-state index is 10.8. The van der Waals surface area contributed by atoms with E-state index in [1.165, 1.54) is 12.1 Å². The first-order valence-corrected chi connectivity index (χ1v) is 6.83. The molecule has 1 atom stereocenters. The standard InChI is InChI=1S/C14H20N4O3/c1-9(2)12(8-17(3)4)16-14-15-11-7-10(18(19)20)5-6-13(11)21-14/h5-7,9,12H,8H2,1-4H3,(H,15,16). The van der Waals surface area contributed by atoms with E-state index in [1.807, 2.05) is 14.1 Å². The number of rotatable bonds is 6. The molecule has 0 spiro atoms. The van der Waals surface area contributed by atoms with Gasteiger partial charge in [-0.1, -0.05) is 13.8 Å². The van der Waals surface area contributed by atoms with Crippen LogP contribution in [0.25, 0.3) is 11.1 Å². The second kappa shape index (κ2) is 6.09. The third-order valence-electron chi connectivity index (χ3n) is 3.26. The van der Waals surface area contributed by atoms with Crippen LogP contribution in [0.1, 0.15) is 13.8 Å². The van der Waals surface area contributed by atoms with Crippen molar-refractivity contribution in [1.82, 2.24) is 9.88 Å². The summed E-state index contributed by atoms with van der Waals surface area (Å²) in [6, 6.07) is 4.98. The van der Waals surface area contributed by atoms with E-state index in [4.69, 9.17) is 4.42 Å². The average Bonchev–Trinajstić information content (AvgIpc) is 2.78. The Morgan fingerprint density at radius 1 is 1.43 bits per heavy atom. The summed E-state index contributed by atoms with van der Waals surface area (Å²) in [5.41, 5.74) is 1.03. The molecule has 1 aromatic heterocycles. The van der Waals surface area contributed by atoms with Gasteiger partial charge >= 0.3 is 0 Å². The van der Waals surface area contributed by atoms with Crippen LogP contribution in [0.2, 0.25) is 0 Å². The van der Waals surface area contributed by atoms with Gasteiger partial charge in [-0.05, 0) is 26.1 Å². The molecule has 0 saturated heterocycles. The molecule has 0 aliphatic carbocycles. The number of nitro groups is 1. The summed E-state index contributed by atoms with van der Waals surface area (Å²) in [7, 11) is 4.01. The van der Waals surface area contributed by atoms with Gasteiger partial charge in [-0.3, -0.25) is 10.1 Å². The van der Waals surface area contributed by atoms with Crippen LogP contribution in [0.5, 0.6) is 0 Å². The molecule has 21 heavy (non-hydrogen) atoms. The minimum absolute atomic E-state index is 0.0102. The molecule has 1 N–H and O–H groups in total. The van der Waals surface area contributed by atoms with Crippen molar-refractivity contribution in [3.8, 4) is 0 Å². The number of nitrogens with zero attached hydrogens (tertiary/aromatic N) is 3. The van der Waals surface area contributed by atoms with E-state index in [9.17, 15) is 10.1 Å². The van der Waals surface area contributed by atoms with Gasteiger partial charge in [-0.2, -0.15) is 4.98 Å². The fourth-order valence-electron chi connectivity index (χ4n) is 2.07. The molecule has 0 bridgehead atoms. The smallest absolute Gasteiger partial charge is 0.295 e. The lowest BCUT2D eigenvalue weighted by molar-refractivity contribution is -0.384. The Balaban J connectivity index is 2.23. The third-order valence-corrected chi connectivity index (χ3v) is 3.26. The Bertz CT molecular complexity index is 636. The molecule has 0 fully saturated rings. The van der Waals surface area contributed by atoms with Crippen molar-refractivity contribution < 1.29 is 9.34 Å². The maximum Gasteiger partial charge on any atom is 0.295 e. The summed E-state index contributed by atoms with van der Waals surface area (Å²) in [5.74, 6) is 0.400. The van der Waals surface area contributed by atoms with Crippen LogP contribution in [-0.2, 0) is 0 Å². The van der Waals surface area contributed by atoms with Crippen LogP contribution >= 0.6 is 0 Å². The molecule has 2 rings (SSSR count). The van der Waals surface area contributed by atoms with Crippen molar-refractivity contribution in [3.63, 3.8) is 0 Å². The van der Waals surface area contributed by atoms with Gasteiger partial charge in [-0.25, -0.2) is 0 Å². The summed E-state index contributed by atoms with van der Waals surface area (Å²) >= 11 is 0. The molecule has 1 heterocycles. The highest BCUT2D eigenvalue weighted by molar-refractivity contribution is 5.77. The van der Waals surface area contributed by atoms with Crippen LogP contribution in [0.15, 0.2) is 22.6 Å². The van der Waals surface area contributed by atoms with Gasteiger partial charge in [0, 0.05) is 24.7 Å². The van der Waals surface area contributed by atoms with Crippen LogP contribution in [0.4, 0.5) is 11.7 Å². The molecule has 0 aliphatic heterocycles.